The van der Waals surface area contributed by atoms with E-state index in [4.69, 9.17) is 4.74 Å². The smallest absolute Gasteiger partial charge is 0.338 e. The zero-order valence-electron chi connectivity index (χ0n) is 14.3. The number of rotatable bonds is 5. The number of fused-ring (bicyclic) bond motifs is 1. The van der Waals surface area contributed by atoms with Crippen LogP contribution in [0, 0.1) is 0 Å². The number of hydrogen-bond donors (Lipinski definition) is 1. The van der Waals surface area contributed by atoms with Gasteiger partial charge in [0.1, 0.15) is 11.4 Å². The fraction of sp³-hybridized carbons (Fsp3) is 0.105. The lowest BCUT2D eigenvalue weighted by Crippen LogP contribution is -2.14. The minimum Gasteiger partial charge on any atom is -0.462 e. The maximum absolute atomic E-state index is 12.7. The van der Waals surface area contributed by atoms with Crippen LogP contribution in [0.3, 0.4) is 0 Å². The van der Waals surface area contributed by atoms with E-state index in [1.54, 1.807) is 52.3 Å². The number of carbonyl (C=O) groups excluding carboxylic acids is 2. The highest BCUT2D eigenvalue weighted by molar-refractivity contribution is 7.15. The van der Waals surface area contributed by atoms with Crippen molar-refractivity contribution >= 4 is 45.2 Å². The highest BCUT2D eigenvalue weighted by Crippen LogP contribution is 2.27. The molecule has 1 N–H and O–H groups in total. The van der Waals surface area contributed by atoms with Gasteiger partial charge in [-0.1, -0.05) is 6.07 Å². The largest absolute Gasteiger partial charge is 0.462 e. The third-order valence-corrected chi connectivity index (χ3v) is 5.60. The molecule has 0 bridgehead atoms. The lowest BCUT2D eigenvalue weighted by Gasteiger charge is -2.06. The molecule has 0 aliphatic rings. The normalized spacial score (nSPS) is 10.9. The number of benzene rings is 1. The van der Waals surface area contributed by atoms with E-state index in [2.05, 4.69) is 10.3 Å². The first-order valence-electron chi connectivity index (χ1n) is 8.24. The van der Waals surface area contributed by atoms with Crippen LogP contribution in [-0.2, 0) is 4.74 Å². The second kappa shape index (κ2) is 7.34. The van der Waals surface area contributed by atoms with E-state index in [1.165, 1.54) is 11.3 Å². The summed E-state index contributed by atoms with van der Waals surface area (Å²) in [7, 11) is 0. The molecule has 4 aromatic rings. The van der Waals surface area contributed by atoms with Crippen LogP contribution in [0.4, 0.5) is 5.69 Å². The van der Waals surface area contributed by atoms with E-state index in [-0.39, 0.29) is 11.9 Å². The highest BCUT2D eigenvalue weighted by Gasteiger charge is 2.16. The second-order valence-electron chi connectivity index (χ2n) is 5.63. The van der Waals surface area contributed by atoms with Crippen molar-refractivity contribution in [2.45, 2.75) is 6.92 Å². The lowest BCUT2D eigenvalue weighted by molar-refractivity contribution is 0.0526. The van der Waals surface area contributed by atoms with E-state index >= 15 is 0 Å². The number of aromatic nitrogens is 2. The van der Waals surface area contributed by atoms with Gasteiger partial charge in [-0.15, -0.1) is 22.7 Å². The van der Waals surface area contributed by atoms with Crippen LogP contribution in [0.5, 0.6) is 0 Å². The van der Waals surface area contributed by atoms with Crippen molar-refractivity contribution in [2.75, 3.05) is 11.9 Å². The quantitative estimate of drug-likeness (QED) is 0.501. The monoisotopic (exact) mass is 397 g/mol. The Labute approximate surface area is 163 Å². The minimum atomic E-state index is -0.380. The van der Waals surface area contributed by atoms with Gasteiger partial charge in [0.15, 0.2) is 4.96 Å². The van der Waals surface area contributed by atoms with Gasteiger partial charge in [-0.2, -0.15) is 0 Å². The summed E-state index contributed by atoms with van der Waals surface area (Å²) in [5.41, 5.74) is 2.42. The Morgan fingerprint density at radius 3 is 2.70 bits per heavy atom. The van der Waals surface area contributed by atoms with Crippen LogP contribution < -0.4 is 5.32 Å². The number of anilines is 1. The molecule has 3 aromatic heterocycles. The van der Waals surface area contributed by atoms with Gasteiger partial charge < -0.3 is 10.1 Å². The van der Waals surface area contributed by atoms with Gasteiger partial charge in [-0.05, 0) is 42.6 Å². The Hall–Kier alpha value is -2.97. The standard InChI is InChI=1S/C19H15N3O3S2/c1-2-25-18(24)12-5-7-13(8-6-12)20-17(23)15-11-27-19-21-14(10-22(15)19)16-4-3-9-26-16/h3-11H,2H2,1H3,(H,20,23). The third-order valence-electron chi connectivity index (χ3n) is 3.87. The van der Waals surface area contributed by atoms with E-state index in [9.17, 15) is 9.59 Å². The number of nitrogens with zero attached hydrogens (tertiary/aromatic N) is 2. The van der Waals surface area contributed by atoms with E-state index in [0.29, 0.717) is 23.6 Å². The zero-order chi connectivity index (χ0) is 18.8. The maximum Gasteiger partial charge on any atom is 0.338 e. The van der Waals surface area contributed by atoms with Crippen molar-refractivity contribution in [1.29, 1.82) is 0 Å². The van der Waals surface area contributed by atoms with Gasteiger partial charge in [0, 0.05) is 17.3 Å². The van der Waals surface area contributed by atoms with Crippen LogP contribution in [-0.4, -0.2) is 27.9 Å². The Bertz CT molecular complexity index is 1100. The summed E-state index contributed by atoms with van der Waals surface area (Å²) >= 11 is 3.03. The molecule has 0 radical (unpaired) electrons. The summed E-state index contributed by atoms with van der Waals surface area (Å²) in [6.45, 7) is 2.08. The molecule has 0 aliphatic heterocycles. The number of esters is 1. The molecule has 0 saturated heterocycles. The number of ether oxygens (including phenoxy) is 1. The third kappa shape index (κ3) is 3.49. The van der Waals surface area contributed by atoms with E-state index in [0.717, 1.165) is 15.5 Å². The minimum absolute atomic E-state index is 0.236. The summed E-state index contributed by atoms with van der Waals surface area (Å²) in [5.74, 6) is -0.616. The van der Waals surface area contributed by atoms with Crippen molar-refractivity contribution in [2.24, 2.45) is 0 Å². The Balaban J connectivity index is 1.54. The topological polar surface area (TPSA) is 72.7 Å². The average Bonchev–Trinajstić information content (AvgIpc) is 3.38. The number of thiophene rings is 1. The van der Waals surface area contributed by atoms with Gasteiger partial charge in [0.05, 0.1) is 17.0 Å². The summed E-state index contributed by atoms with van der Waals surface area (Å²) in [6.07, 6.45) is 1.87. The molecule has 8 heteroatoms. The van der Waals surface area contributed by atoms with Crippen molar-refractivity contribution in [3.05, 3.63) is 64.6 Å². The molecule has 3 heterocycles. The first-order valence-corrected chi connectivity index (χ1v) is 10.0. The molecule has 0 atom stereocenters. The number of hydrogen-bond acceptors (Lipinski definition) is 6. The molecular formula is C19H15N3O3S2. The fourth-order valence-corrected chi connectivity index (χ4v) is 4.12. The molecule has 4 rings (SSSR count). The number of carbonyl (C=O) groups is 2. The first kappa shape index (κ1) is 17.4. The van der Waals surface area contributed by atoms with E-state index in [1.807, 2.05) is 23.7 Å². The highest BCUT2D eigenvalue weighted by atomic mass is 32.1. The van der Waals surface area contributed by atoms with Crippen LogP contribution in [0.2, 0.25) is 0 Å². The number of amides is 1. The molecule has 1 aromatic carbocycles. The lowest BCUT2D eigenvalue weighted by atomic mass is 10.2. The van der Waals surface area contributed by atoms with Gasteiger partial charge in [0.2, 0.25) is 0 Å². The van der Waals surface area contributed by atoms with Crippen LogP contribution in [0.15, 0.2) is 53.4 Å². The predicted octanol–water partition coefficient (Wildman–Crippen LogP) is 4.55. The van der Waals surface area contributed by atoms with E-state index < -0.39 is 0 Å². The molecule has 0 unspecified atom stereocenters. The molecule has 0 fully saturated rings. The SMILES string of the molecule is CCOC(=O)c1ccc(NC(=O)c2csc3nc(-c4cccs4)cn23)cc1. The predicted molar refractivity (Wildman–Crippen MR) is 107 cm³/mol. The fourth-order valence-electron chi connectivity index (χ4n) is 2.59. The Morgan fingerprint density at radius 2 is 2.00 bits per heavy atom. The number of imidazole rings is 1. The van der Waals surface area contributed by atoms with Gasteiger partial charge in [-0.3, -0.25) is 9.20 Å². The number of thiazole rings is 1. The molecule has 0 aliphatic carbocycles. The van der Waals surface area contributed by atoms with Crippen molar-refractivity contribution < 1.29 is 14.3 Å². The molecule has 0 saturated carbocycles. The van der Waals surface area contributed by atoms with Crippen molar-refractivity contribution in [3.63, 3.8) is 0 Å². The zero-order valence-corrected chi connectivity index (χ0v) is 16.0. The molecule has 27 heavy (non-hydrogen) atoms. The number of nitrogens with one attached hydrogen (secondary N) is 1. The summed E-state index contributed by atoms with van der Waals surface area (Å²) < 4.78 is 6.75. The molecule has 6 nitrogen and oxygen atoms in total. The Kier molecular flexibility index (Phi) is 4.74. The second-order valence-corrected chi connectivity index (χ2v) is 7.41. The van der Waals surface area contributed by atoms with Crippen LogP contribution in [0.1, 0.15) is 27.8 Å². The molecule has 136 valence electrons. The maximum atomic E-state index is 12.7. The summed E-state index contributed by atoms with van der Waals surface area (Å²) in [6, 6.07) is 10.6. The molecule has 0 spiro atoms. The molecular weight excluding hydrogens is 382 g/mol. The summed E-state index contributed by atoms with van der Waals surface area (Å²) in [4.78, 5) is 30.8. The van der Waals surface area contributed by atoms with Gasteiger partial charge >= 0.3 is 5.97 Å². The van der Waals surface area contributed by atoms with Crippen LogP contribution in [0.25, 0.3) is 15.5 Å². The first-order chi connectivity index (χ1) is 13.2. The van der Waals surface area contributed by atoms with Crippen molar-refractivity contribution in [3.8, 4) is 10.6 Å². The van der Waals surface area contributed by atoms with Crippen LogP contribution >= 0.6 is 22.7 Å². The average molecular weight is 397 g/mol. The molecule has 1 amide bonds. The van der Waals surface area contributed by atoms with Gasteiger partial charge in [0.25, 0.3) is 5.91 Å². The summed E-state index contributed by atoms with van der Waals surface area (Å²) in [5, 5.41) is 6.63. The Morgan fingerprint density at radius 1 is 1.19 bits per heavy atom. The van der Waals surface area contributed by atoms with Gasteiger partial charge in [-0.25, -0.2) is 9.78 Å². The van der Waals surface area contributed by atoms with Crippen molar-refractivity contribution in [1.82, 2.24) is 9.38 Å².